The van der Waals surface area contributed by atoms with Crippen LogP contribution in [-0.2, 0) is 59.0 Å². The van der Waals surface area contributed by atoms with Crippen LogP contribution in [0.5, 0.6) is 11.5 Å². The van der Waals surface area contributed by atoms with E-state index in [-0.39, 0.29) is 49.7 Å². The van der Waals surface area contributed by atoms with E-state index in [0.29, 0.717) is 0 Å². The highest BCUT2D eigenvalue weighted by Gasteiger charge is 2.26. The van der Waals surface area contributed by atoms with E-state index in [0.717, 1.165) is 31.4 Å². The maximum atomic E-state index is 12.8. The molecule has 4 rings (SSSR count). The summed E-state index contributed by atoms with van der Waals surface area (Å²) in [6.07, 6.45) is 0. The van der Waals surface area contributed by atoms with Gasteiger partial charge in [0.1, 0.15) is 27.7 Å². The number of benzene rings is 4. The number of phenolic OH excluding ortho intramolecular Hbond substituents is 1. The number of hydrogen-bond acceptors (Lipinski definition) is 19. The summed E-state index contributed by atoms with van der Waals surface area (Å²) in [4.78, 5) is -1.60. The van der Waals surface area contributed by atoms with E-state index in [2.05, 4.69) is 34.1 Å². The Morgan fingerprint density at radius 2 is 1.29 bits per heavy atom. The molecule has 0 heterocycles. The second-order valence-corrected chi connectivity index (χ2v) is 18.9. The SMILES string of the molecule is CNc1ccc2c(OC)c(N=Nc3cc(C)c(S(=O)(=O)CCOS(=O)(=O)O)cc3O)c(S(=O)(=O)O)cc2c1N=Nc1cccc(S(=O)(=O)CCOS(=O)(=O)O)c1. The summed E-state index contributed by atoms with van der Waals surface area (Å²) >= 11 is 0. The van der Waals surface area contributed by atoms with Gasteiger partial charge >= 0.3 is 20.8 Å². The van der Waals surface area contributed by atoms with Crippen LogP contribution in [0.3, 0.4) is 0 Å². The van der Waals surface area contributed by atoms with Crippen LogP contribution in [-0.4, -0.2) is 99.7 Å². The first-order valence-corrected chi connectivity index (χ1v) is 22.6. The van der Waals surface area contributed by atoms with Gasteiger partial charge in [0.05, 0.1) is 53.0 Å². The maximum Gasteiger partial charge on any atom is 0.397 e. The van der Waals surface area contributed by atoms with E-state index in [1.807, 2.05) is 0 Å². The van der Waals surface area contributed by atoms with Gasteiger partial charge in [-0.05, 0) is 55.0 Å². The smallest absolute Gasteiger partial charge is 0.397 e. The number of sulfone groups is 2. The molecule has 56 heavy (non-hydrogen) atoms. The van der Waals surface area contributed by atoms with Gasteiger partial charge < -0.3 is 15.2 Å². The van der Waals surface area contributed by atoms with Crippen molar-refractivity contribution in [1.82, 2.24) is 0 Å². The summed E-state index contributed by atoms with van der Waals surface area (Å²) in [6, 6.07) is 10.8. The number of nitrogens with one attached hydrogen (secondary N) is 1. The highest BCUT2D eigenvalue weighted by Crippen LogP contribution is 2.47. The maximum absolute atomic E-state index is 12.8. The van der Waals surface area contributed by atoms with Crippen LogP contribution < -0.4 is 10.1 Å². The molecule has 0 unspecified atom stereocenters. The Balaban J connectivity index is 1.80. The molecule has 4 aromatic carbocycles. The monoisotopic (exact) mass is 881 g/mol. The van der Waals surface area contributed by atoms with Crippen molar-refractivity contribution in [1.29, 1.82) is 0 Å². The summed E-state index contributed by atoms with van der Waals surface area (Å²) in [5, 5.41) is 29.7. The highest BCUT2D eigenvalue weighted by atomic mass is 32.3. The topological polar surface area (TPSA) is 341 Å². The fourth-order valence-electron chi connectivity index (χ4n) is 4.95. The summed E-state index contributed by atoms with van der Waals surface area (Å²) < 4.78 is 161. The average Bonchev–Trinajstić information content (AvgIpc) is 3.08. The van der Waals surface area contributed by atoms with Gasteiger partial charge in [-0.3, -0.25) is 13.7 Å². The van der Waals surface area contributed by atoms with Gasteiger partial charge in [0.15, 0.2) is 25.4 Å². The molecule has 0 saturated heterocycles. The Morgan fingerprint density at radius 3 is 1.86 bits per heavy atom. The molecule has 0 saturated carbocycles. The minimum atomic E-state index is -5.14. The third kappa shape index (κ3) is 11.0. The molecule has 0 fully saturated rings. The molecule has 22 nitrogen and oxygen atoms in total. The number of anilines is 1. The highest BCUT2D eigenvalue weighted by molar-refractivity contribution is 7.91. The molecule has 5 N–H and O–H groups in total. The van der Waals surface area contributed by atoms with E-state index >= 15 is 0 Å². The second kappa shape index (κ2) is 16.8. The summed E-state index contributed by atoms with van der Waals surface area (Å²) in [5.74, 6) is -2.75. The second-order valence-electron chi connectivity index (χ2n) is 11.2. The van der Waals surface area contributed by atoms with E-state index < -0.39 is 96.5 Å². The molecule has 0 amide bonds. The number of aromatic hydroxyl groups is 1. The molecule has 4 aromatic rings. The van der Waals surface area contributed by atoms with Crippen LogP contribution in [0, 0.1) is 6.92 Å². The Kier molecular flexibility index (Phi) is 13.2. The lowest BCUT2D eigenvalue weighted by molar-refractivity contribution is 0.282. The predicted molar refractivity (Wildman–Crippen MR) is 197 cm³/mol. The van der Waals surface area contributed by atoms with Crippen molar-refractivity contribution in [3.63, 3.8) is 0 Å². The van der Waals surface area contributed by atoms with Gasteiger partial charge in [-0.15, -0.1) is 15.3 Å². The number of hydrogen-bond donors (Lipinski definition) is 5. The zero-order chi connectivity index (χ0) is 41.9. The van der Waals surface area contributed by atoms with Crippen LogP contribution in [0.15, 0.2) is 89.7 Å². The number of aryl methyl sites for hydroxylation is 1. The van der Waals surface area contributed by atoms with Crippen LogP contribution >= 0.6 is 0 Å². The zero-order valence-electron chi connectivity index (χ0n) is 29.0. The molecule has 27 heteroatoms. The quantitative estimate of drug-likeness (QED) is 0.0733. The first kappa shape index (κ1) is 44.0. The first-order chi connectivity index (χ1) is 25.9. The van der Waals surface area contributed by atoms with Gasteiger partial charge in [0.2, 0.25) is 0 Å². The van der Waals surface area contributed by atoms with Crippen molar-refractivity contribution in [2.45, 2.75) is 21.6 Å². The van der Waals surface area contributed by atoms with Gasteiger partial charge in [-0.1, -0.05) is 6.07 Å². The first-order valence-electron chi connectivity index (χ1n) is 15.2. The molecule has 0 bridgehead atoms. The standard InChI is InChI=1S/C29H31N5O17S5/c1-17-13-23(24(35)16-25(17)53(38,39)12-10-51-56(46,47)48)32-34-28-26(54(40,41)42)15-21-20(29(28)49-3)7-8-22(30-2)27(21)33-31-18-5-4-6-19(14-18)52(36,37)11-9-50-55(43,44)45/h4-8,13-16,30,35H,9-12H2,1-3H3,(H,40,41,42)(H,43,44,45)(H,46,47,48). The fraction of sp³-hybridized carbons (Fsp3) is 0.241. The van der Waals surface area contributed by atoms with Gasteiger partial charge in [0.25, 0.3) is 10.1 Å². The number of nitrogens with zero attached hydrogens (tertiary/aromatic N) is 4. The lowest BCUT2D eigenvalue weighted by Crippen LogP contribution is -2.16. The Bertz CT molecular complexity index is 2810. The van der Waals surface area contributed by atoms with Crippen LogP contribution in [0.1, 0.15) is 5.56 Å². The van der Waals surface area contributed by atoms with E-state index in [1.165, 1.54) is 44.3 Å². The molecule has 0 aliphatic carbocycles. The molecule has 0 aliphatic heterocycles. The largest absolute Gasteiger partial charge is 0.506 e. The molecule has 0 atom stereocenters. The van der Waals surface area contributed by atoms with Crippen molar-refractivity contribution in [2.75, 3.05) is 44.2 Å². The van der Waals surface area contributed by atoms with E-state index in [4.69, 9.17) is 13.8 Å². The molecule has 304 valence electrons. The van der Waals surface area contributed by atoms with Gasteiger partial charge in [-0.25, -0.2) is 25.2 Å². The van der Waals surface area contributed by atoms with Crippen molar-refractivity contribution in [3.05, 3.63) is 60.2 Å². The zero-order valence-corrected chi connectivity index (χ0v) is 33.0. The van der Waals surface area contributed by atoms with Crippen molar-refractivity contribution in [2.24, 2.45) is 20.5 Å². The lowest BCUT2D eigenvalue weighted by Gasteiger charge is -2.15. The van der Waals surface area contributed by atoms with Crippen LogP contribution in [0.2, 0.25) is 0 Å². The summed E-state index contributed by atoms with van der Waals surface area (Å²) in [6.45, 7) is -0.492. The minimum absolute atomic E-state index is 0.00649. The van der Waals surface area contributed by atoms with Crippen LogP contribution in [0.4, 0.5) is 28.4 Å². The van der Waals surface area contributed by atoms with Crippen LogP contribution in [0.25, 0.3) is 10.8 Å². The third-order valence-corrected chi connectivity index (χ3v) is 12.7. The Hall–Kier alpha value is -4.71. The Morgan fingerprint density at radius 1 is 0.679 bits per heavy atom. The third-order valence-electron chi connectivity index (χ3n) is 7.41. The molecule has 0 aromatic heterocycles. The molecule has 0 spiro atoms. The van der Waals surface area contributed by atoms with E-state index in [1.54, 1.807) is 0 Å². The van der Waals surface area contributed by atoms with Gasteiger partial charge in [0, 0.05) is 23.9 Å². The fourth-order valence-corrected chi connectivity index (χ4v) is 8.88. The number of azo groups is 2. The molecular weight excluding hydrogens is 851 g/mol. The van der Waals surface area contributed by atoms with Gasteiger partial charge in [-0.2, -0.15) is 30.4 Å². The summed E-state index contributed by atoms with van der Waals surface area (Å²) in [7, 11) is -20.7. The number of rotatable bonds is 17. The number of phenols is 1. The van der Waals surface area contributed by atoms with Crippen molar-refractivity contribution in [3.8, 4) is 11.5 Å². The molecular formula is C29H31N5O17S5. The number of ether oxygens (including phenoxy) is 1. The van der Waals surface area contributed by atoms with E-state index in [9.17, 15) is 51.7 Å². The average molecular weight is 882 g/mol. The number of methoxy groups -OCH3 is 1. The predicted octanol–water partition coefficient (Wildman–Crippen LogP) is 4.17. The normalized spacial score (nSPS) is 13.2. The van der Waals surface area contributed by atoms with Crippen molar-refractivity contribution < 1.29 is 74.0 Å². The Labute approximate surface area is 320 Å². The molecule has 0 radical (unpaired) electrons. The lowest BCUT2D eigenvalue weighted by atomic mass is 10.0. The minimum Gasteiger partial charge on any atom is -0.506 e. The molecule has 0 aliphatic rings. The number of fused-ring (bicyclic) bond motifs is 1. The van der Waals surface area contributed by atoms with Crippen molar-refractivity contribution >= 4 is 89.8 Å². The summed E-state index contributed by atoms with van der Waals surface area (Å²) in [5.41, 5.74) is -0.714.